The minimum atomic E-state index is 0.260. The molecule has 1 aliphatic carbocycles. The number of likely N-dealkylation sites (N-methyl/N-ethyl adjacent to an activating group) is 2. The summed E-state index contributed by atoms with van der Waals surface area (Å²) in [6.07, 6.45) is 13.1. The van der Waals surface area contributed by atoms with E-state index in [1.165, 1.54) is 44.3 Å². The molecule has 0 spiro atoms. The van der Waals surface area contributed by atoms with Gasteiger partial charge >= 0.3 is 0 Å². The Kier molecular flexibility index (Phi) is 5.82. The molecule has 1 saturated carbocycles. The molecular weight excluding hydrogens is 260 g/mol. The van der Waals surface area contributed by atoms with E-state index < -0.39 is 0 Å². The van der Waals surface area contributed by atoms with E-state index in [-0.39, 0.29) is 5.54 Å². The molecule has 0 radical (unpaired) electrons. The lowest BCUT2D eigenvalue weighted by Gasteiger charge is -2.46. The van der Waals surface area contributed by atoms with Crippen LogP contribution in [0.1, 0.15) is 51.3 Å². The second kappa shape index (κ2) is 7.41. The van der Waals surface area contributed by atoms with Gasteiger partial charge in [-0.05, 0) is 40.9 Å². The number of aromatic nitrogens is 2. The van der Waals surface area contributed by atoms with Gasteiger partial charge in [0.1, 0.15) is 5.82 Å². The number of nitrogens with one attached hydrogen (secondary N) is 1. The first-order chi connectivity index (χ1) is 10.1. The third kappa shape index (κ3) is 3.49. The van der Waals surface area contributed by atoms with E-state index in [4.69, 9.17) is 0 Å². The van der Waals surface area contributed by atoms with Crippen LogP contribution in [0.2, 0.25) is 0 Å². The maximum atomic E-state index is 4.59. The molecule has 1 atom stereocenters. The van der Waals surface area contributed by atoms with E-state index >= 15 is 0 Å². The van der Waals surface area contributed by atoms with Crippen molar-refractivity contribution >= 4 is 0 Å². The molecule has 4 nitrogen and oxygen atoms in total. The molecule has 1 N–H and O–H groups in total. The largest absolute Gasteiger partial charge is 0.335 e. The first kappa shape index (κ1) is 16.5. The Balaban J connectivity index is 2.23. The average molecular weight is 292 g/mol. The molecule has 0 aromatic carbocycles. The molecule has 0 bridgehead atoms. The van der Waals surface area contributed by atoms with Crippen molar-refractivity contribution < 1.29 is 0 Å². The van der Waals surface area contributed by atoms with Crippen molar-refractivity contribution in [3.63, 3.8) is 0 Å². The zero-order chi connectivity index (χ0) is 15.3. The zero-order valence-corrected chi connectivity index (χ0v) is 14.2. The van der Waals surface area contributed by atoms with E-state index in [2.05, 4.69) is 54.0 Å². The molecule has 1 fully saturated rings. The third-order valence-electron chi connectivity index (χ3n) is 5.39. The SMILES string of the molecule is CCn1ccnc1CC(NC)C1(N(C)C)CCCCCC1. The smallest absolute Gasteiger partial charge is 0.110 e. The van der Waals surface area contributed by atoms with Gasteiger partial charge in [-0.2, -0.15) is 0 Å². The van der Waals surface area contributed by atoms with Crippen LogP contribution in [0, 0.1) is 0 Å². The highest BCUT2D eigenvalue weighted by molar-refractivity contribution is 5.05. The van der Waals surface area contributed by atoms with Gasteiger partial charge in [0.25, 0.3) is 0 Å². The average Bonchev–Trinajstić information content (AvgIpc) is 2.78. The Morgan fingerprint density at radius 3 is 2.48 bits per heavy atom. The fraction of sp³-hybridized carbons (Fsp3) is 0.824. The van der Waals surface area contributed by atoms with Crippen LogP contribution in [0.25, 0.3) is 0 Å². The van der Waals surface area contributed by atoms with Crippen molar-refractivity contribution in [3.05, 3.63) is 18.2 Å². The molecule has 1 heterocycles. The molecule has 1 unspecified atom stereocenters. The molecule has 0 saturated heterocycles. The van der Waals surface area contributed by atoms with Crippen LogP contribution in [-0.2, 0) is 13.0 Å². The summed E-state index contributed by atoms with van der Waals surface area (Å²) >= 11 is 0. The molecule has 21 heavy (non-hydrogen) atoms. The van der Waals surface area contributed by atoms with E-state index in [0.717, 1.165) is 13.0 Å². The van der Waals surface area contributed by atoms with Crippen molar-refractivity contribution in [2.24, 2.45) is 0 Å². The quantitative estimate of drug-likeness (QED) is 0.818. The first-order valence-electron chi connectivity index (χ1n) is 8.48. The molecule has 0 amide bonds. The van der Waals surface area contributed by atoms with Gasteiger partial charge in [0.15, 0.2) is 0 Å². The number of rotatable bonds is 6. The Morgan fingerprint density at radius 2 is 1.95 bits per heavy atom. The monoisotopic (exact) mass is 292 g/mol. The lowest BCUT2D eigenvalue weighted by atomic mass is 9.79. The van der Waals surface area contributed by atoms with Crippen LogP contribution >= 0.6 is 0 Å². The highest BCUT2D eigenvalue weighted by atomic mass is 15.2. The summed E-state index contributed by atoms with van der Waals surface area (Å²) in [5.74, 6) is 1.21. The van der Waals surface area contributed by atoms with Crippen LogP contribution in [0.3, 0.4) is 0 Å². The predicted molar refractivity (Wildman–Crippen MR) is 88.6 cm³/mol. The summed E-state index contributed by atoms with van der Waals surface area (Å²) in [7, 11) is 6.62. The topological polar surface area (TPSA) is 33.1 Å². The minimum Gasteiger partial charge on any atom is -0.335 e. The highest BCUT2D eigenvalue weighted by Gasteiger charge is 2.40. The normalized spacial score (nSPS) is 20.4. The summed E-state index contributed by atoms with van der Waals surface area (Å²) in [6.45, 7) is 3.19. The molecule has 2 rings (SSSR count). The molecule has 4 heteroatoms. The Bertz CT molecular complexity index is 416. The number of aryl methyl sites for hydroxylation is 1. The molecule has 1 aromatic rings. The highest BCUT2D eigenvalue weighted by Crippen LogP contribution is 2.35. The second-order valence-corrected chi connectivity index (χ2v) is 6.59. The van der Waals surface area contributed by atoms with Crippen LogP contribution in [0.4, 0.5) is 0 Å². The molecular formula is C17H32N4. The predicted octanol–water partition coefficient (Wildman–Crippen LogP) is 2.69. The number of hydrogen-bond donors (Lipinski definition) is 1. The summed E-state index contributed by atoms with van der Waals surface area (Å²) in [5, 5.41) is 3.62. The van der Waals surface area contributed by atoms with Gasteiger partial charge in [0, 0.05) is 36.9 Å². The van der Waals surface area contributed by atoms with E-state index in [1.807, 2.05) is 6.20 Å². The first-order valence-corrected chi connectivity index (χ1v) is 8.48. The summed E-state index contributed by atoms with van der Waals surface area (Å²) in [5.41, 5.74) is 0.260. The standard InChI is InChI=1S/C17H32N4/c1-5-21-13-12-19-16(21)14-15(18-2)17(20(3)4)10-8-6-7-9-11-17/h12-13,15,18H,5-11,14H2,1-4H3. The summed E-state index contributed by atoms with van der Waals surface area (Å²) in [6, 6.07) is 0.457. The Hall–Kier alpha value is -0.870. The summed E-state index contributed by atoms with van der Waals surface area (Å²) in [4.78, 5) is 7.06. The van der Waals surface area contributed by atoms with Crippen molar-refractivity contribution in [2.45, 2.75) is 70.0 Å². The van der Waals surface area contributed by atoms with Gasteiger partial charge in [-0.3, -0.25) is 0 Å². The Labute approximate surface area is 129 Å². The maximum absolute atomic E-state index is 4.59. The second-order valence-electron chi connectivity index (χ2n) is 6.59. The van der Waals surface area contributed by atoms with Gasteiger partial charge in [-0.25, -0.2) is 4.98 Å². The van der Waals surface area contributed by atoms with E-state index in [9.17, 15) is 0 Å². The van der Waals surface area contributed by atoms with Gasteiger partial charge < -0.3 is 14.8 Å². The van der Waals surface area contributed by atoms with Crippen LogP contribution in [0.5, 0.6) is 0 Å². The number of imidazole rings is 1. The van der Waals surface area contributed by atoms with Crippen LogP contribution in [-0.4, -0.2) is 47.2 Å². The number of nitrogens with zero attached hydrogens (tertiary/aromatic N) is 3. The molecule has 1 aliphatic rings. The number of hydrogen-bond acceptors (Lipinski definition) is 3. The van der Waals surface area contributed by atoms with Crippen molar-refractivity contribution in [2.75, 3.05) is 21.1 Å². The fourth-order valence-electron chi connectivity index (χ4n) is 4.01. The van der Waals surface area contributed by atoms with Gasteiger partial charge in [0.2, 0.25) is 0 Å². The molecule has 120 valence electrons. The lowest BCUT2D eigenvalue weighted by molar-refractivity contribution is 0.0823. The van der Waals surface area contributed by atoms with Crippen LogP contribution in [0.15, 0.2) is 12.4 Å². The van der Waals surface area contributed by atoms with Crippen LogP contribution < -0.4 is 5.32 Å². The zero-order valence-electron chi connectivity index (χ0n) is 14.2. The lowest BCUT2D eigenvalue weighted by Crippen LogP contribution is -2.59. The minimum absolute atomic E-state index is 0.260. The molecule has 1 aromatic heterocycles. The summed E-state index contributed by atoms with van der Waals surface area (Å²) < 4.78 is 2.27. The fourth-order valence-corrected chi connectivity index (χ4v) is 4.01. The molecule has 0 aliphatic heterocycles. The maximum Gasteiger partial charge on any atom is 0.110 e. The van der Waals surface area contributed by atoms with Gasteiger partial charge in [-0.15, -0.1) is 0 Å². The third-order valence-corrected chi connectivity index (χ3v) is 5.39. The van der Waals surface area contributed by atoms with E-state index in [0.29, 0.717) is 6.04 Å². The van der Waals surface area contributed by atoms with E-state index in [1.54, 1.807) is 0 Å². The van der Waals surface area contributed by atoms with Crippen molar-refractivity contribution in [1.82, 2.24) is 19.8 Å². The van der Waals surface area contributed by atoms with Gasteiger partial charge in [-0.1, -0.05) is 25.7 Å². The van der Waals surface area contributed by atoms with Crippen molar-refractivity contribution in [3.8, 4) is 0 Å². The van der Waals surface area contributed by atoms with Crippen molar-refractivity contribution in [1.29, 1.82) is 0 Å². The van der Waals surface area contributed by atoms with Gasteiger partial charge in [0.05, 0.1) is 0 Å². The Morgan fingerprint density at radius 1 is 1.29 bits per heavy atom.